The summed E-state index contributed by atoms with van der Waals surface area (Å²) in [6.07, 6.45) is -3.37. The molecule has 1 aromatic rings. The molecule has 0 bridgehead atoms. The second-order valence-electron chi connectivity index (χ2n) is 3.37. The van der Waals surface area contributed by atoms with Crippen LogP contribution >= 0.6 is 0 Å². The van der Waals surface area contributed by atoms with Gasteiger partial charge in [-0.05, 0) is 13.0 Å². The first-order valence-electron chi connectivity index (χ1n) is 5.17. The SMILES string of the molecule is CCCNCc1nnc(COCC(F)(F)F)o1. The summed E-state index contributed by atoms with van der Waals surface area (Å²) in [6, 6.07) is 0. The summed E-state index contributed by atoms with van der Waals surface area (Å²) in [4.78, 5) is 0. The first-order chi connectivity index (χ1) is 8.01. The van der Waals surface area contributed by atoms with Gasteiger partial charge in [-0.1, -0.05) is 6.92 Å². The van der Waals surface area contributed by atoms with Gasteiger partial charge in [-0.15, -0.1) is 10.2 Å². The van der Waals surface area contributed by atoms with Crippen LogP contribution < -0.4 is 5.32 Å². The Morgan fingerprint density at radius 3 is 2.65 bits per heavy atom. The van der Waals surface area contributed by atoms with Gasteiger partial charge in [0.05, 0.1) is 6.54 Å². The molecule has 0 aliphatic heterocycles. The van der Waals surface area contributed by atoms with E-state index in [0.717, 1.165) is 13.0 Å². The molecule has 1 N–H and O–H groups in total. The van der Waals surface area contributed by atoms with Gasteiger partial charge in [-0.2, -0.15) is 13.2 Å². The number of nitrogens with one attached hydrogen (secondary N) is 1. The van der Waals surface area contributed by atoms with Crippen molar-refractivity contribution < 1.29 is 22.3 Å². The molecule has 1 rings (SSSR count). The first-order valence-corrected chi connectivity index (χ1v) is 5.17. The van der Waals surface area contributed by atoms with Crippen LogP contribution in [-0.4, -0.2) is 29.5 Å². The van der Waals surface area contributed by atoms with Crippen molar-refractivity contribution in [1.29, 1.82) is 0 Å². The van der Waals surface area contributed by atoms with E-state index in [2.05, 4.69) is 20.3 Å². The maximum absolute atomic E-state index is 11.8. The van der Waals surface area contributed by atoms with Crippen LogP contribution in [0.1, 0.15) is 25.1 Å². The van der Waals surface area contributed by atoms with Crippen molar-refractivity contribution in [3.05, 3.63) is 11.8 Å². The highest BCUT2D eigenvalue weighted by molar-refractivity contribution is 4.79. The molecule has 0 saturated carbocycles. The molecule has 0 atom stereocenters. The molecule has 0 unspecified atom stereocenters. The highest BCUT2D eigenvalue weighted by Gasteiger charge is 2.27. The number of halogens is 3. The van der Waals surface area contributed by atoms with Gasteiger partial charge in [0.15, 0.2) is 0 Å². The fraction of sp³-hybridized carbons (Fsp3) is 0.778. The van der Waals surface area contributed by atoms with E-state index in [1.165, 1.54) is 0 Å². The van der Waals surface area contributed by atoms with Gasteiger partial charge in [0.25, 0.3) is 0 Å². The zero-order valence-corrected chi connectivity index (χ0v) is 9.38. The largest absolute Gasteiger partial charge is 0.421 e. The van der Waals surface area contributed by atoms with Crippen LogP contribution in [0.4, 0.5) is 13.2 Å². The molecule has 1 heterocycles. The minimum atomic E-state index is -4.34. The van der Waals surface area contributed by atoms with Crippen LogP contribution in [0.15, 0.2) is 4.42 Å². The Hall–Kier alpha value is -1.15. The number of alkyl halides is 3. The summed E-state index contributed by atoms with van der Waals surface area (Å²) in [5.41, 5.74) is 0. The van der Waals surface area contributed by atoms with Crippen molar-refractivity contribution in [2.45, 2.75) is 32.7 Å². The lowest BCUT2D eigenvalue weighted by Crippen LogP contribution is -2.16. The number of hydrogen-bond acceptors (Lipinski definition) is 5. The van der Waals surface area contributed by atoms with E-state index in [1.807, 2.05) is 6.92 Å². The molecule has 0 saturated heterocycles. The summed E-state index contributed by atoms with van der Waals surface area (Å²) in [5, 5.41) is 10.3. The molecular weight excluding hydrogens is 239 g/mol. The third-order valence-corrected chi connectivity index (χ3v) is 1.70. The Morgan fingerprint density at radius 2 is 2.00 bits per heavy atom. The predicted molar refractivity (Wildman–Crippen MR) is 52.0 cm³/mol. The molecule has 0 radical (unpaired) electrons. The monoisotopic (exact) mass is 253 g/mol. The molecular formula is C9H14F3N3O2. The average molecular weight is 253 g/mol. The predicted octanol–water partition coefficient (Wildman–Crippen LogP) is 1.65. The minimum Gasteiger partial charge on any atom is -0.421 e. The smallest absolute Gasteiger partial charge is 0.411 e. The second kappa shape index (κ2) is 6.55. The van der Waals surface area contributed by atoms with Crippen molar-refractivity contribution in [2.75, 3.05) is 13.2 Å². The molecule has 17 heavy (non-hydrogen) atoms. The van der Waals surface area contributed by atoms with Gasteiger partial charge in [-0.25, -0.2) is 0 Å². The second-order valence-corrected chi connectivity index (χ2v) is 3.37. The van der Waals surface area contributed by atoms with Gasteiger partial charge in [-0.3, -0.25) is 0 Å². The number of ether oxygens (including phenoxy) is 1. The van der Waals surface area contributed by atoms with Gasteiger partial charge >= 0.3 is 6.18 Å². The Morgan fingerprint density at radius 1 is 1.29 bits per heavy atom. The molecule has 98 valence electrons. The molecule has 0 aliphatic rings. The van der Waals surface area contributed by atoms with E-state index >= 15 is 0 Å². The number of aromatic nitrogens is 2. The number of rotatable bonds is 7. The van der Waals surface area contributed by atoms with Gasteiger partial charge in [0, 0.05) is 0 Å². The summed E-state index contributed by atoms with van der Waals surface area (Å²) in [6.45, 7) is 1.57. The van der Waals surface area contributed by atoms with Crippen molar-refractivity contribution >= 4 is 0 Å². The quantitative estimate of drug-likeness (QED) is 0.749. The molecule has 0 aromatic carbocycles. The molecule has 0 aliphatic carbocycles. The zero-order valence-electron chi connectivity index (χ0n) is 9.38. The summed E-state index contributed by atoms with van der Waals surface area (Å²) in [7, 11) is 0. The molecule has 1 aromatic heterocycles. The summed E-state index contributed by atoms with van der Waals surface area (Å²) in [5.74, 6) is 0.381. The average Bonchev–Trinajstić information content (AvgIpc) is 2.64. The Bertz CT molecular complexity index is 328. The van der Waals surface area contributed by atoms with Crippen molar-refractivity contribution in [2.24, 2.45) is 0 Å². The number of hydrogen-bond donors (Lipinski definition) is 1. The van der Waals surface area contributed by atoms with E-state index in [1.54, 1.807) is 0 Å². The Balaban J connectivity index is 2.26. The Kier molecular flexibility index (Phi) is 5.36. The summed E-state index contributed by atoms with van der Waals surface area (Å²) >= 11 is 0. The molecule has 5 nitrogen and oxygen atoms in total. The molecule has 0 amide bonds. The van der Waals surface area contributed by atoms with Crippen molar-refractivity contribution in [3.8, 4) is 0 Å². The number of nitrogens with zero attached hydrogens (tertiary/aromatic N) is 2. The van der Waals surface area contributed by atoms with Crippen molar-refractivity contribution in [1.82, 2.24) is 15.5 Å². The van der Waals surface area contributed by atoms with Crippen LogP contribution in [0.3, 0.4) is 0 Å². The summed E-state index contributed by atoms with van der Waals surface area (Å²) < 4.78 is 44.8. The van der Waals surface area contributed by atoms with Crippen LogP contribution in [0, 0.1) is 0 Å². The Labute approximate surface area is 96.3 Å². The topological polar surface area (TPSA) is 60.2 Å². The third-order valence-electron chi connectivity index (χ3n) is 1.70. The fourth-order valence-corrected chi connectivity index (χ4v) is 1.04. The van der Waals surface area contributed by atoms with E-state index in [-0.39, 0.29) is 12.5 Å². The van der Waals surface area contributed by atoms with E-state index < -0.39 is 12.8 Å². The van der Waals surface area contributed by atoms with E-state index in [0.29, 0.717) is 12.4 Å². The molecule has 0 fully saturated rings. The van der Waals surface area contributed by atoms with E-state index in [9.17, 15) is 13.2 Å². The minimum absolute atomic E-state index is 0.0440. The molecule has 8 heteroatoms. The highest BCUT2D eigenvalue weighted by Crippen LogP contribution is 2.15. The van der Waals surface area contributed by atoms with Crippen LogP contribution in [-0.2, 0) is 17.9 Å². The van der Waals surface area contributed by atoms with Crippen LogP contribution in [0.5, 0.6) is 0 Å². The standard InChI is InChI=1S/C9H14F3N3O2/c1-2-3-13-4-7-14-15-8(17-7)5-16-6-9(10,11)12/h13H,2-6H2,1H3. The maximum atomic E-state index is 11.8. The molecule has 0 spiro atoms. The van der Waals surface area contributed by atoms with Crippen LogP contribution in [0.25, 0.3) is 0 Å². The first kappa shape index (κ1) is 13.9. The third kappa shape index (κ3) is 6.22. The lowest BCUT2D eigenvalue weighted by atomic mass is 10.5. The van der Waals surface area contributed by atoms with Gasteiger partial charge in [0.2, 0.25) is 11.8 Å². The lowest BCUT2D eigenvalue weighted by Gasteiger charge is -2.04. The van der Waals surface area contributed by atoms with Crippen molar-refractivity contribution in [3.63, 3.8) is 0 Å². The van der Waals surface area contributed by atoms with E-state index in [4.69, 9.17) is 4.42 Å². The fourth-order valence-electron chi connectivity index (χ4n) is 1.04. The highest BCUT2D eigenvalue weighted by atomic mass is 19.4. The lowest BCUT2D eigenvalue weighted by molar-refractivity contribution is -0.177. The maximum Gasteiger partial charge on any atom is 0.411 e. The normalized spacial score (nSPS) is 12.0. The zero-order chi connectivity index (χ0) is 12.7. The van der Waals surface area contributed by atoms with Crippen LogP contribution in [0.2, 0.25) is 0 Å². The van der Waals surface area contributed by atoms with Gasteiger partial charge < -0.3 is 14.5 Å². The van der Waals surface area contributed by atoms with Gasteiger partial charge in [0.1, 0.15) is 13.2 Å².